The minimum Gasteiger partial charge on any atom is -0.377 e. The van der Waals surface area contributed by atoms with Crippen LogP contribution in [0.3, 0.4) is 0 Å². The van der Waals surface area contributed by atoms with Crippen LogP contribution in [-0.2, 0) is 32.2 Å². The van der Waals surface area contributed by atoms with Gasteiger partial charge in [-0.15, -0.1) is 0 Å². The Kier molecular flexibility index (Phi) is 23.5. The van der Waals surface area contributed by atoms with Crippen molar-refractivity contribution < 1.29 is 32.2 Å². The van der Waals surface area contributed by atoms with E-state index < -0.39 is 8.80 Å². The van der Waals surface area contributed by atoms with Crippen molar-refractivity contribution in [1.82, 2.24) is 0 Å². The van der Waals surface area contributed by atoms with Crippen LogP contribution in [0, 0.1) is 0 Å². The van der Waals surface area contributed by atoms with E-state index in [1.807, 2.05) is 11.8 Å². The zero-order valence-corrected chi connectivity index (χ0v) is 21.2. The van der Waals surface area contributed by atoms with Gasteiger partial charge in [0.25, 0.3) is 0 Å². The molecular weight excluding hydrogens is 440 g/mol. The van der Waals surface area contributed by atoms with E-state index >= 15 is 0 Å². The van der Waals surface area contributed by atoms with Crippen molar-refractivity contribution in [2.24, 2.45) is 0 Å². The fourth-order valence-corrected chi connectivity index (χ4v) is 6.46. The van der Waals surface area contributed by atoms with Gasteiger partial charge >= 0.3 is 8.80 Å². The summed E-state index contributed by atoms with van der Waals surface area (Å²) in [5, 5.41) is 0. The minimum absolute atomic E-state index is 0.358. The molecule has 0 saturated heterocycles. The first kappa shape index (κ1) is 29.0. The van der Waals surface area contributed by atoms with Crippen molar-refractivity contribution >= 4 is 42.2 Å². The lowest BCUT2D eigenvalue weighted by atomic mass is 10.5. The van der Waals surface area contributed by atoms with E-state index in [4.69, 9.17) is 32.2 Å². The predicted molar refractivity (Wildman–Crippen MR) is 122 cm³/mol. The number of rotatable bonds is 23. The Bertz CT molecular complexity index is 308. The van der Waals surface area contributed by atoms with Crippen LogP contribution in [0.25, 0.3) is 0 Å². The molecule has 0 radical (unpaired) electrons. The van der Waals surface area contributed by atoms with Crippen molar-refractivity contribution in [2.45, 2.75) is 25.8 Å². The second-order valence-electron chi connectivity index (χ2n) is 5.52. The molecule has 0 aromatic heterocycles. The third kappa shape index (κ3) is 17.8. The van der Waals surface area contributed by atoms with Crippen LogP contribution < -0.4 is 0 Å². The first-order chi connectivity index (χ1) is 13.7. The van der Waals surface area contributed by atoms with Crippen molar-refractivity contribution in [1.29, 1.82) is 0 Å². The molecule has 0 aromatic carbocycles. The molecule has 0 heterocycles. The zero-order chi connectivity index (χ0) is 20.8. The smallest absolute Gasteiger partial charge is 0.377 e. The summed E-state index contributed by atoms with van der Waals surface area (Å²) in [6.07, 6.45) is 2.03. The molecule has 0 rings (SSSR count). The summed E-state index contributed by atoms with van der Waals surface area (Å²) in [4.78, 5) is 0. The van der Waals surface area contributed by atoms with Gasteiger partial charge in [0.15, 0.2) is 0 Å². The second-order valence-corrected chi connectivity index (χ2v) is 12.5. The van der Waals surface area contributed by atoms with Crippen molar-refractivity contribution in [2.75, 3.05) is 84.4 Å². The molecule has 0 bridgehead atoms. The highest BCUT2D eigenvalue weighted by atomic mass is 33.1. The largest absolute Gasteiger partial charge is 0.500 e. The molecule has 11 heteroatoms. The highest BCUT2D eigenvalue weighted by molar-refractivity contribution is 8.76. The van der Waals surface area contributed by atoms with E-state index in [9.17, 15) is 0 Å². The SMILES string of the molecule is CCCOCOCCSSCCOCOCCSCCC[Si](OC)(OC)OC. The third-order valence-electron chi connectivity index (χ3n) is 3.46. The van der Waals surface area contributed by atoms with Gasteiger partial charge in [-0.25, -0.2) is 0 Å². The van der Waals surface area contributed by atoms with Gasteiger partial charge in [-0.3, -0.25) is 0 Å². The number of thioether (sulfide) groups is 1. The molecule has 0 aromatic rings. The molecule has 7 nitrogen and oxygen atoms in total. The van der Waals surface area contributed by atoms with Gasteiger partial charge < -0.3 is 32.2 Å². The molecule has 0 saturated carbocycles. The fraction of sp³-hybridized carbons (Fsp3) is 1.00. The van der Waals surface area contributed by atoms with Crippen LogP contribution in [0.1, 0.15) is 19.8 Å². The molecule has 170 valence electrons. The minimum atomic E-state index is -2.41. The van der Waals surface area contributed by atoms with E-state index in [0.29, 0.717) is 33.4 Å². The summed E-state index contributed by atoms with van der Waals surface area (Å²) in [6, 6.07) is 0.835. The van der Waals surface area contributed by atoms with Gasteiger partial charge in [0.2, 0.25) is 0 Å². The van der Waals surface area contributed by atoms with Gasteiger partial charge in [0, 0.05) is 51.2 Å². The first-order valence-electron chi connectivity index (χ1n) is 9.53. The monoisotopic (exact) mass is 478 g/mol. The molecule has 28 heavy (non-hydrogen) atoms. The van der Waals surface area contributed by atoms with Crippen molar-refractivity contribution in [3.05, 3.63) is 0 Å². The van der Waals surface area contributed by atoms with Crippen LogP contribution in [0.4, 0.5) is 0 Å². The Hall–Kier alpha value is 0.987. The van der Waals surface area contributed by atoms with Gasteiger partial charge in [0.1, 0.15) is 13.6 Å². The average molecular weight is 479 g/mol. The molecule has 0 N–H and O–H groups in total. The lowest BCUT2D eigenvalue weighted by Crippen LogP contribution is -2.42. The fourth-order valence-electron chi connectivity index (χ4n) is 1.97. The Morgan fingerprint density at radius 2 is 1.14 bits per heavy atom. The predicted octanol–water partition coefficient (Wildman–Crippen LogP) is 3.76. The summed E-state index contributed by atoms with van der Waals surface area (Å²) in [7, 11) is 6.12. The van der Waals surface area contributed by atoms with Crippen LogP contribution in [0.5, 0.6) is 0 Å². The Labute approximate surface area is 184 Å². The molecule has 0 aliphatic carbocycles. The van der Waals surface area contributed by atoms with Crippen LogP contribution in [-0.4, -0.2) is 93.2 Å². The van der Waals surface area contributed by atoms with Crippen molar-refractivity contribution in [3.63, 3.8) is 0 Å². The van der Waals surface area contributed by atoms with Crippen LogP contribution >= 0.6 is 33.3 Å². The highest BCUT2D eigenvalue weighted by Gasteiger charge is 2.36. The van der Waals surface area contributed by atoms with Crippen LogP contribution in [0.15, 0.2) is 0 Å². The maximum Gasteiger partial charge on any atom is 0.500 e. The third-order valence-corrected chi connectivity index (χ3v) is 9.66. The lowest BCUT2D eigenvalue weighted by molar-refractivity contribution is -0.0479. The quantitative estimate of drug-likeness (QED) is 0.0938. The molecular formula is C17H38O7S3Si. The van der Waals surface area contributed by atoms with E-state index in [1.165, 1.54) is 0 Å². The maximum atomic E-state index is 5.48. The zero-order valence-electron chi connectivity index (χ0n) is 17.8. The Morgan fingerprint density at radius 1 is 0.643 bits per heavy atom. The number of hydrogen-bond donors (Lipinski definition) is 0. The standard InChI is InChI=1S/C17H38O7S3Si/c1-5-7-21-16-23-9-13-26-27-14-10-24-17-22-8-12-25-11-6-15-28(18-2,19-3)20-4/h5-17H2,1-4H3. The van der Waals surface area contributed by atoms with Gasteiger partial charge in [0.05, 0.1) is 19.8 Å². The Morgan fingerprint density at radius 3 is 1.64 bits per heavy atom. The lowest BCUT2D eigenvalue weighted by Gasteiger charge is -2.24. The van der Waals surface area contributed by atoms with Gasteiger partial charge in [-0.2, -0.15) is 11.8 Å². The first-order valence-corrected chi connectivity index (χ1v) is 15.1. The maximum absolute atomic E-state index is 5.48. The van der Waals surface area contributed by atoms with Gasteiger partial charge in [-0.1, -0.05) is 28.5 Å². The molecule has 0 unspecified atom stereocenters. The van der Waals surface area contributed by atoms with Crippen molar-refractivity contribution in [3.8, 4) is 0 Å². The van der Waals surface area contributed by atoms with E-state index in [0.717, 1.165) is 48.5 Å². The van der Waals surface area contributed by atoms with Crippen LogP contribution in [0.2, 0.25) is 6.04 Å². The summed E-state index contributed by atoms with van der Waals surface area (Å²) in [5.41, 5.74) is 0. The molecule has 0 atom stereocenters. The van der Waals surface area contributed by atoms with Gasteiger partial charge in [-0.05, 0) is 18.6 Å². The van der Waals surface area contributed by atoms with E-state index in [2.05, 4.69) is 6.92 Å². The van der Waals surface area contributed by atoms with E-state index in [-0.39, 0.29) is 0 Å². The molecule has 0 amide bonds. The molecule has 0 aliphatic heterocycles. The molecule has 0 aliphatic rings. The molecule has 0 spiro atoms. The van der Waals surface area contributed by atoms with E-state index in [1.54, 1.807) is 42.9 Å². The molecule has 0 fully saturated rings. The topological polar surface area (TPSA) is 64.6 Å². The highest BCUT2D eigenvalue weighted by Crippen LogP contribution is 2.20. The summed E-state index contributed by atoms with van der Waals surface area (Å²) < 4.78 is 37.7. The number of ether oxygens (including phenoxy) is 4. The summed E-state index contributed by atoms with van der Waals surface area (Å²) >= 11 is 1.86. The summed E-state index contributed by atoms with van der Waals surface area (Å²) in [6.45, 7) is 5.72. The average Bonchev–Trinajstić information content (AvgIpc) is 2.73. The second kappa shape index (κ2) is 22.7. The number of hydrogen-bond acceptors (Lipinski definition) is 10. The summed E-state index contributed by atoms with van der Waals surface area (Å²) in [5.74, 6) is 3.89. The Balaban J connectivity index is 3.18. The normalized spacial score (nSPS) is 12.0.